The Morgan fingerprint density at radius 3 is 2.39 bits per heavy atom. The first-order valence-electron chi connectivity index (χ1n) is 9.35. The largest absolute Gasteiger partial charge is 0.476 e. The second-order valence-electron chi connectivity index (χ2n) is 7.46. The van der Waals surface area contributed by atoms with Crippen molar-refractivity contribution >= 4 is 21.6 Å². The van der Waals surface area contributed by atoms with E-state index in [4.69, 9.17) is 4.74 Å². The van der Waals surface area contributed by atoms with Crippen LogP contribution in [0.3, 0.4) is 0 Å². The van der Waals surface area contributed by atoms with Gasteiger partial charge in [-0.1, -0.05) is 43.7 Å². The van der Waals surface area contributed by atoms with Gasteiger partial charge in [-0.05, 0) is 44.0 Å². The van der Waals surface area contributed by atoms with Gasteiger partial charge in [0.25, 0.3) is 15.9 Å². The van der Waals surface area contributed by atoms with E-state index >= 15 is 0 Å². The third-order valence-electron chi connectivity index (χ3n) is 5.01. The van der Waals surface area contributed by atoms with E-state index in [1.54, 1.807) is 48.5 Å². The normalized spacial score (nSPS) is 17.6. The highest BCUT2D eigenvalue weighted by Crippen LogP contribution is 2.36. The Morgan fingerprint density at radius 2 is 1.75 bits per heavy atom. The summed E-state index contributed by atoms with van der Waals surface area (Å²) in [6.07, 6.45) is -0.920. The van der Waals surface area contributed by atoms with Gasteiger partial charge in [0.1, 0.15) is 5.75 Å². The van der Waals surface area contributed by atoms with E-state index in [1.807, 2.05) is 27.7 Å². The van der Waals surface area contributed by atoms with E-state index in [1.165, 1.54) is 4.31 Å². The minimum absolute atomic E-state index is 0.0459. The Morgan fingerprint density at radius 1 is 1.11 bits per heavy atom. The molecule has 1 N–H and O–H groups in total. The van der Waals surface area contributed by atoms with Crippen molar-refractivity contribution in [1.82, 2.24) is 5.32 Å². The van der Waals surface area contributed by atoms with Crippen molar-refractivity contribution in [3.8, 4) is 5.75 Å². The van der Waals surface area contributed by atoms with Crippen molar-refractivity contribution in [1.29, 1.82) is 0 Å². The third-order valence-corrected chi connectivity index (χ3v) is 6.80. The predicted octanol–water partition coefficient (Wildman–Crippen LogP) is 3.11. The van der Waals surface area contributed by atoms with Crippen LogP contribution in [0.5, 0.6) is 5.75 Å². The van der Waals surface area contributed by atoms with E-state index in [-0.39, 0.29) is 29.3 Å². The number of hydrogen-bond donors (Lipinski definition) is 1. The summed E-state index contributed by atoms with van der Waals surface area (Å²) in [5.41, 5.74) is 1.41. The van der Waals surface area contributed by atoms with Gasteiger partial charge < -0.3 is 10.1 Å². The van der Waals surface area contributed by atoms with Crippen LogP contribution in [0.1, 0.15) is 26.3 Å². The average Bonchev–Trinajstić information content (AvgIpc) is 2.67. The van der Waals surface area contributed by atoms with E-state index in [9.17, 15) is 13.2 Å². The fourth-order valence-electron chi connectivity index (χ4n) is 2.89. The number of sulfonamides is 1. The highest BCUT2D eigenvalue weighted by molar-refractivity contribution is 7.92. The molecule has 150 valence electrons. The molecule has 0 saturated heterocycles. The van der Waals surface area contributed by atoms with Crippen LogP contribution in [0.4, 0.5) is 5.69 Å². The van der Waals surface area contributed by atoms with Crippen molar-refractivity contribution in [2.24, 2.45) is 5.92 Å². The first-order chi connectivity index (χ1) is 13.2. The molecule has 1 aliphatic heterocycles. The summed E-state index contributed by atoms with van der Waals surface area (Å²) in [6.45, 7) is 7.76. The van der Waals surface area contributed by atoms with Gasteiger partial charge in [-0.2, -0.15) is 0 Å². The number of nitrogens with one attached hydrogen (secondary N) is 1. The van der Waals surface area contributed by atoms with Crippen molar-refractivity contribution in [3.63, 3.8) is 0 Å². The molecule has 28 heavy (non-hydrogen) atoms. The molecule has 2 aromatic rings. The van der Waals surface area contributed by atoms with E-state index in [2.05, 4.69) is 5.32 Å². The number of para-hydroxylation sites is 2. The molecule has 6 nitrogen and oxygen atoms in total. The second kappa shape index (κ2) is 7.83. The molecular formula is C21H26N2O4S. The number of aryl methyl sites for hydroxylation is 1. The van der Waals surface area contributed by atoms with Gasteiger partial charge >= 0.3 is 0 Å². The maximum atomic E-state index is 13.3. The van der Waals surface area contributed by atoms with Gasteiger partial charge in [-0.3, -0.25) is 9.10 Å². The summed E-state index contributed by atoms with van der Waals surface area (Å²) in [5, 5.41) is 2.91. The van der Waals surface area contributed by atoms with Gasteiger partial charge in [0.15, 0.2) is 6.10 Å². The molecule has 7 heteroatoms. The van der Waals surface area contributed by atoms with Gasteiger partial charge in [0, 0.05) is 6.04 Å². The van der Waals surface area contributed by atoms with Crippen LogP contribution in [-0.2, 0) is 14.8 Å². The van der Waals surface area contributed by atoms with E-state index in [0.717, 1.165) is 5.56 Å². The molecule has 2 atom stereocenters. The molecule has 0 aliphatic carbocycles. The number of carbonyl (C=O) groups is 1. The monoisotopic (exact) mass is 402 g/mol. The SMILES string of the molecule is Cc1ccc(S(=O)(=O)N2C[C@H](C(=O)N[C@H](C)C(C)C)Oc3ccccc32)cc1. The standard InChI is InChI=1S/C21H26N2O4S/c1-14(2)16(4)22-21(24)20-13-23(18-7-5-6-8-19(18)27-20)28(25,26)17-11-9-15(3)10-12-17/h5-12,14,16,20H,13H2,1-4H3,(H,22,24)/t16-,20-/m1/s1. The first kappa shape index (κ1) is 20.2. The Balaban J connectivity index is 1.96. The molecule has 0 radical (unpaired) electrons. The minimum atomic E-state index is -3.83. The smallest absolute Gasteiger partial charge is 0.264 e. The Hall–Kier alpha value is -2.54. The summed E-state index contributed by atoms with van der Waals surface area (Å²) in [5.74, 6) is 0.314. The second-order valence-corrected chi connectivity index (χ2v) is 9.33. The van der Waals surface area contributed by atoms with Crippen LogP contribution in [-0.4, -0.2) is 33.0 Å². The first-order valence-corrected chi connectivity index (χ1v) is 10.8. The zero-order valence-electron chi connectivity index (χ0n) is 16.5. The summed E-state index contributed by atoms with van der Waals surface area (Å²) in [4.78, 5) is 12.9. The van der Waals surface area contributed by atoms with Crippen LogP contribution in [0.15, 0.2) is 53.4 Å². The lowest BCUT2D eigenvalue weighted by Crippen LogP contribution is -2.52. The van der Waals surface area contributed by atoms with Crippen molar-refractivity contribution in [2.45, 2.75) is 44.7 Å². The highest BCUT2D eigenvalue weighted by Gasteiger charge is 2.37. The van der Waals surface area contributed by atoms with Crippen molar-refractivity contribution in [2.75, 3.05) is 10.8 Å². The fraction of sp³-hybridized carbons (Fsp3) is 0.381. The van der Waals surface area contributed by atoms with Crippen LogP contribution in [0.25, 0.3) is 0 Å². The van der Waals surface area contributed by atoms with Crippen molar-refractivity contribution < 1.29 is 17.9 Å². The molecule has 0 fully saturated rings. The average molecular weight is 403 g/mol. The molecule has 0 saturated carbocycles. The Labute approximate surface area is 166 Å². The lowest BCUT2D eigenvalue weighted by molar-refractivity contribution is -0.128. The van der Waals surface area contributed by atoms with Gasteiger partial charge in [0.2, 0.25) is 0 Å². The maximum Gasteiger partial charge on any atom is 0.264 e. The molecule has 2 aromatic carbocycles. The molecular weight excluding hydrogens is 376 g/mol. The number of fused-ring (bicyclic) bond motifs is 1. The molecule has 0 aromatic heterocycles. The lowest BCUT2D eigenvalue weighted by atomic mass is 10.1. The summed E-state index contributed by atoms with van der Waals surface area (Å²) < 4.78 is 33.7. The Bertz CT molecular complexity index is 955. The number of carbonyl (C=O) groups excluding carboxylic acids is 1. The van der Waals surface area contributed by atoms with Crippen LogP contribution in [0.2, 0.25) is 0 Å². The number of nitrogens with zero attached hydrogens (tertiary/aromatic N) is 1. The van der Waals surface area contributed by atoms with Gasteiger partial charge in [-0.15, -0.1) is 0 Å². The molecule has 0 unspecified atom stereocenters. The summed E-state index contributed by atoms with van der Waals surface area (Å²) >= 11 is 0. The van der Waals surface area contributed by atoms with Crippen LogP contribution >= 0.6 is 0 Å². The lowest BCUT2D eigenvalue weighted by Gasteiger charge is -2.35. The van der Waals surface area contributed by atoms with Crippen LogP contribution in [0, 0.1) is 12.8 Å². The number of rotatable bonds is 5. The molecule has 1 amide bonds. The number of anilines is 1. The Kier molecular flexibility index (Phi) is 5.65. The fourth-order valence-corrected chi connectivity index (χ4v) is 4.36. The number of ether oxygens (including phenoxy) is 1. The zero-order chi connectivity index (χ0) is 20.5. The zero-order valence-corrected chi connectivity index (χ0v) is 17.4. The van der Waals surface area contributed by atoms with E-state index < -0.39 is 16.1 Å². The molecule has 3 rings (SSSR count). The van der Waals surface area contributed by atoms with Crippen molar-refractivity contribution in [3.05, 3.63) is 54.1 Å². The molecule has 0 bridgehead atoms. The predicted molar refractivity (Wildman–Crippen MR) is 109 cm³/mol. The maximum absolute atomic E-state index is 13.3. The number of hydrogen-bond acceptors (Lipinski definition) is 4. The quantitative estimate of drug-likeness (QED) is 0.834. The number of amides is 1. The van der Waals surface area contributed by atoms with Crippen LogP contribution < -0.4 is 14.4 Å². The summed E-state index contributed by atoms with van der Waals surface area (Å²) in [7, 11) is -3.83. The molecule has 0 spiro atoms. The van der Waals surface area contributed by atoms with Gasteiger partial charge in [-0.25, -0.2) is 8.42 Å². The third kappa shape index (κ3) is 3.99. The van der Waals surface area contributed by atoms with E-state index in [0.29, 0.717) is 11.4 Å². The molecule has 1 heterocycles. The molecule has 1 aliphatic rings. The number of benzene rings is 2. The topological polar surface area (TPSA) is 75.7 Å². The highest BCUT2D eigenvalue weighted by atomic mass is 32.2. The minimum Gasteiger partial charge on any atom is -0.476 e. The summed E-state index contributed by atoms with van der Waals surface area (Å²) in [6, 6.07) is 13.5. The van der Waals surface area contributed by atoms with Gasteiger partial charge in [0.05, 0.1) is 17.1 Å².